The lowest BCUT2D eigenvalue weighted by Crippen LogP contribution is -2.24. The second kappa shape index (κ2) is 5.72. The van der Waals surface area contributed by atoms with E-state index in [0.717, 1.165) is 0 Å². The molecule has 0 amide bonds. The average molecular weight is 255 g/mol. The molecular weight excluding hydrogens is 242 g/mol. The molecule has 1 aromatic carbocycles. The number of aliphatic hydroxyl groups is 2. The molecule has 0 saturated carbocycles. The Hall–Kier alpha value is -1.50. The Bertz CT molecular complexity index is 435. The lowest BCUT2D eigenvalue weighted by molar-refractivity contribution is -0.141. The Kier molecular flexibility index (Phi) is 4.56. The van der Waals surface area contributed by atoms with Crippen molar-refractivity contribution >= 4 is 23.2 Å². The predicted molar refractivity (Wildman–Crippen MR) is 65.5 cm³/mol. The first kappa shape index (κ1) is 13.6. The number of thiocarbonyl (C=S) groups is 1. The first-order valence-corrected chi connectivity index (χ1v) is 5.31. The number of aliphatic carboxylic acids is 1. The molecule has 0 bridgehead atoms. The summed E-state index contributed by atoms with van der Waals surface area (Å²) < 4.78 is 0. The van der Waals surface area contributed by atoms with Crippen LogP contribution in [-0.2, 0) is 4.79 Å². The van der Waals surface area contributed by atoms with Gasteiger partial charge in [-0.25, -0.2) is 0 Å². The third-order valence-corrected chi connectivity index (χ3v) is 2.51. The normalized spacial score (nSPS) is 14.0. The second-order valence-electron chi connectivity index (χ2n) is 3.56. The molecule has 0 radical (unpaired) electrons. The minimum absolute atomic E-state index is 0.0853. The molecule has 0 saturated heterocycles. The Morgan fingerprint density at radius 1 is 1.35 bits per heavy atom. The van der Waals surface area contributed by atoms with Gasteiger partial charge >= 0.3 is 5.97 Å². The van der Waals surface area contributed by atoms with Crippen molar-refractivity contribution in [2.24, 2.45) is 5.73 Å². The fourth-order valence-corrected chi connectivity index (χ4v) is 1.66. The number of hydrogen-bond acceptors (Lipinski definition) is 4. The molecule has 0 fully saturated rings. The zero-order chi connectivity index (χ0) is 13.0. The van der Waals surface area contributed by atoms with Gasteiger partial charge in [0.15, 0.2) is 0 Å². The van der Waals surface area contributed by atoms with Crippen molar-refractivity contribution in [1.29, 1.82) is 0 Å². The summed E-state index contributed by atoms with van der Waals surface area (Å²) in [6.45, 7) is 0. The Morgan fingerprint density at radius 3 is 2.47 bits per heavy atom. The second-order valence-corrected chi connectivity index (χ2v) is 4.00. The van der Waals surface area contributed by atoms with Crippen molar-refractivity contribution in [3.8, 4) is 0 Å². The SMILES string of the molecule is NC(=S)c1ccccc1C(O)C(O)CC(=O)O. The fourth-order valence-electron chi connectivity index (χ4n) is 1.48. The summed E-state index contributed by atoms with van der Waals surface area (Å²) in [7, 11) is 0. The lowest BCUT2D eigenvalue weighted by atomic mass is 9.97. The van der Waals surface area contributed by atoms with Crippen LogP contribution in [0.4, 0.5) is 0 Å². The zero-order valence-electron chi connectivity index (χ0n) is 8.91. The first-order chi connectivity index (χ1) is 7.93. The Morgan fingerprint density at radius 2 is 1.94 bits per heavy atom. The fraction of sp³-hybridized carbons (Fsp3) is 0.273. The highest BCUT2D eigenvalue weighted by molar-refractivity contribution is 7.80. The van der Waals surface area contributed by atoms with Crippen LogP contribution in [0.2, 0.25) is 0 Å². The third kappa shape index (κ3) is 3.48. The molecule has 1 aromatic rings. The van der Waals surface area contributed by atoms with Crippen molar-refractivity contribution in [2.45, 2.75) is 18.6 Å². The highest BCUT2D eigenvalue weighted by Gasteiger charge is 2.23. The quantitative estimate of drug-likeness (QED) is 0.560. The average Bonchev–Trinajstić information content (AvgIpc) is 2.27. The van der Waals surface area contributed by atoms with Gasteiger partial charge in [-0.1, -0.05) is 36.5 Å². The largest absolute Gasteiger partial charge is 0.481 e. The van der Waals surface area contributed by atoms with Crippen LogP contribution in [0, 0.1) is 0 Å². The van der Waals surface area contributed by atoms with Crippen LogP contribution >= 0.6 is 12.2 Å². The van der Waals surface area contributed by atoms with Gasteiger partial charge < -0.3 is 21.1 Å². The van der Waals surface area contributed by atoms with Crippen molar-refractivity contribution < 1.29 is 20.1 Å². The van der Waals surface area contributed by atoms with E-state index in [9.17, 15) is 15.0 Å². The summed E-state index contributed by atoms with van der Waals surface area (Å²) in [5.74, 6) is -1.19. The monoisotopic (exact) mass is 255 g/mol. The molecule has 0 aliphatic carbocycles. The summed E-state index contributed by atoms with van der Waals surface area (Å²) in [5.41, 5.74) is 6.23. The zero-order valence-corrected chi connectivity index (χ0v) is 9.72. The summed E-state index contributed by atoms with van der Waals surface area (Å²) in [5, 5.41) is 27.9. The summed E-state index contributed by atoms with van der Waals surface area (Å²) >= 11 is 4.81. The third-order valence-electron chi connectivity index (χ3n) is 2.29. The Labute approximate surface area is 103 Å². The highest BCUT2D eigenvalue weighted by Crippen LogP contribution is 2.22. The van der Waals surface area contributed by atoms with Crippen LogP contribution in [0.25, 0.3) is 0 Å². The highest BCUT2D eigenvalue weighted by atomic mass is 32.1. The topological polar surface area (TPSA) is 104 Å². The maximum Gasteiger partial charge on any atom is 0.306 e. The van der Waals surface area contributed by atoms with Gasteiger partial charge in [0.1, 0.15) is 11.1 Å². The van der Waals surface area contributed by atoms with Crippen LogP contribution in [0.5, 0.6) is 0 Å². The predicted octanol–water partition coefficient (Wildman–Crippen LogP) is 0.190. The van der Waals surface area contributed by atoms with Gasteiger partial charge in [0.2, 0.25) is 0 Å². The van der Waals surface area contributed by atoms with E-state index >= 15 is 0 Å². The molecule has 0 spiro atoms. The minimum Gasteiger partial charge on any atom is -0.481 e. The van der Waals surface area contributed by atoms with Crippen LogP contribution in [0.1, 0.15) is 23.7 Å². The van der Waals surface area contributed by atoms with Crippen molar-refractivity contribution in [1.82, 2.24) is 0 Å². The number of aliphatic hydroxyl groups excluding tert-OH is 2. The van der Waals surface area contributed by atoms with Crippen LogP contribution in [0.15, 0.2) is 24.3 Å². The van der Waals surface area contributed by atoms with Gasteiger partial charge in [-0.05, 0) is 5.56 Å². The molecule has 92 valence electrons. The van der Waals surface area contributed by atoms with Gasteiger partial charge in [-0.2, -0.15) is 0 Å². The summed E-state index contributed by atoms with van der Waals surface area (Å²) in [4.78, 5) is 10.5. The van der Waals surface area contributed by atoms with Gasteiger partial charge in [-0.15, -0.1) is 0 Å². The number of carbonyl (C=O) groups is 1. The first-order valence-electron chi connectivity index (χ1n) is 4.90. The summed E-state index contributed by atoms with van der Waals surface area (Å²) in [6.07, 6.45) is -3.28. The van der Waals surface area contributed by atoms with Crippen LogP contribution in [-0.4, -0.2) is 32.4 Å². The van der Waals surface area contributed by atoms with Gasteiger partial charge in [0, 0.05) is 5.56 Å². The van der Waals surface area contributed by atoms with Crippen LogP contribution in [0.3, 0.4) is 0 Å². The van der Waals surface area contributed by atoms with E-state index in [0.29, 0.717) is 11.1 Å². The van der Waals surface area contributed by atoms with Gasteiger partial charge in [0.25, 0.3) is 0 Å². The van der Waals surface area contributed by atoms with E-state index in [-0.39, 0.29) is 4.99 Å². The van der Waals surface area contributed by atoms with E-state index in [1.807, 2.05) is 0 Å². The molecule has 2 unspecified atom stereocenters. The standard InChI is InChI=1S/C11H13NO4S/c12-11(17)7-4-2-1-3-6(7)10(16)8(13)5-9(14)15/h1-4,8,10,13,16H,5H2,(H2,12,17)(H,14,15). The lowest BCUT2D eigenvalue weighted by Gasteiger charge is -2.19. The van der Waals surface area contributed by atoms with E-state index in [4.69, 9.17) is 23.1 Å². The number of rotatable bonds is 5. The van der Waals surface area contributed by atoms with Gasteiger partial charge in [0.05, 0.1) is 12.5 Å². The number of hydrogen-bond donors (Lipinski definition) is 4. The number of carboxylic acid groups (broad SMARTS) is 1. The van der Waals surface area contributed by atoms with E-state index in [1.165, 1.54) is 0 Å². The molecule has 5 nitrogen and oxygen atoms in total. The molecular formula is C11H13NO4S. The molecule has 0 aliphatic rings. The molecule has 0 aromatic heterocycles. The molecule has 5 N–H and O–H groups in total. The van der Waals surface area contributed by atoms with Crippen LogP contribution < -0.4 is 5.73 Å². The smallest absolute Gasteiger partial charge is 0.306 e. The molecule has 0 aliphatic heterocycles. The van der Waals surface area contributed by atoms with Crippen molar-refractivity contribution in [3.63, 3.8) is 0 Å². The molecule has 6 heteroatoms. The van der Waals surface area contributed by atoms with Crippen molar-refractivity contribution in [3.05, 3.63) is 35.4 Å². The maximum atomic E-state index is 10.4. The molecule has 1 rings (SSSR count). The number of benzene rings is 1. The number of nitrogens with two attached hydrogens (primary N) is 1. The van der Waals surface area contributed by atoms with E-state index in [1.54, 1.807) is 24.3 Å². The van der Waals surface area contributed by atoms with E-state index < -0.39 is 24.6 Å². The Balaban J connectivity index is 2.99. The minimum atomic E-state index is -1.40. The van der Waals surface area contributed by atoms with Crippen molar-refractivity contribution in [2.75, 3.05) is 0 Å². The molecule has 2 atom stereocenters. The number of carboxylic acids is 1. The maximum absolute atomic E-state index is 10.4. The van der Waals surface area contributed by atoms with E-state index in [2.05, 4.69) is 0 Å². The van der Waals surface area contributed by atoms with Gasteiger partial charge in [-0.3, -0.25) is 4.79 Å². The molecule has 0 heterocycles. The molecule has 17 heavy (non-hydrogen) atoms. The summed E-state index contributed by atoms with van der Waals surface area (Å²) in [6, 6.07) is 6.49.